The van der Waals surface area contributed by atoms with E-state index in [1.165, 1.54) is 0 Å². The smallest absolute Gasteiger partial charge is 0.323 e. The van der Waals surface area contributed by atoms with Crippen molar-refractivity contribution < 1.29 is 9.90 Å². The Morgan fingerprint density at radius 3 is 2.72 bits per heavy atom. The van der Waals surface area contributed by atoms with E-state index in [1.807, 2.05) is 31.6 Å². The van der Waals surface area contributed by atoms with Crippen LogP contribution in [0, 0.1) is 0 Å². The largest absolute Gasteiger partial charge is 0.480 e. The summed E-state index contributed by atoms with van der Waals surface area (Å²) in [5, 5.41) is 16.7. The highest BCUT2D eigenvalue weighted by Gasteiger charge is 2.33. The first-order valence-electron chi connectivity index (χ1n) is 6.46. The standard InChI is InChI=1S/C13H23N3O2/c1-5-7-13(4,12(17)18)15-10(3)11-8-14-16(6-2)9-11/h8-10,15H,5-7H2,1-4H3,(H,17,18). The topological polar surface area (TPSA) is 67.2 Å². The van der Waals surface area contributed by atoms with E-state index in [-0.39, 0.29) is 6.04 Å². The molecule has 2 atom stereocenters. The number of aromatic nitrogens is 2. The Bertz CT molecular complexity index is 403. The SMILES string of the molecule is CCCC(C)(NC(C)c1cnn(CC)c1)C(=O)O. The maximum atomic E-state index is 11.4. The zero-order chi connectivity index (χ0) is 13.8. The van der Waals surface area contributed by atoms with Crippen LogP contribution in [0.15, 0.2) is 12.4 Å². The van der Waals surface area contributed by atoms with Gasteiger partial charge in [-0.3, -0.25) is 14.8 Å². The molecule has 2 N–H and O–H groups in total. The van der Waals surface area contributed by atoms with Gasteiger partial charge in [0.25, 0.3) is 0 Å². The number of hydrogen-bond acceptors (Lipinski definition) is 3. The van der Waals surface area contributed by atoms with Gasteiger partial charge in [-0.25, -0.2) is 0 Å². The number of carboxylic acids is 1. The number of carbonyl (C=O) groups is 1. The number of rotatable bonds is 7. The second-order valence-electron chi connectivity index (χ2n) is 4.88. The monoisotopic (exact) mass is 253 g/mol. The van der Waals surface area contributed by atoms with Crippen LogP contribution in [0.3, 0.4) is 0 Å². The molecule has 0 aliphatic carbocycles. The zero-order valence-electron chi connectivity index (χ0n) is 11.6. The van der Waals surface area contributed by atoms with E-state index in [9.17, 15) is 9.90 Å². The summed E-state index contributed by atoms with van der Waals surface area (Å²) >= 11 is 0. The first kappa shape index (κ1) is 14.7. The molecule has 18 heavy (non-hydrogen) atoms. The first-order chi connectivity index (χ1) is 8.42. The molecule has 0 amide bonds. The Balaban J connectivity index is 2.78. The van der Waals surface area contributed by atoms with Gasteiger partial charge in [0.1, 0.15) is 5.54 Å². The van der Waals surface area contributed by atoms with Gasteiger partial charge in [-0.15, -0.1) is 0 Å². The number of nitrogens with one attached hydrogen (secondary N) is 1. The Morgan fingerprint density at radius 2 is 2.28 bits per heavy atom. The zero-order valence-corrected chi connectivity index (χ0v) is 11.6. The number of hydrogen-bond donors (Lipinski definition) is 2. The summed E-state index contributed by atoms with van der Waals surface area (Å²) in [6.07, 6.45) is 5.17. The van der Waals surface area contributed by atoms with Crippen molar-refractivity contribution in [1.82, 2.24) is 15.1 Å². The number of nitrogens with zero attached hydrogens (tertiary/aromatic N) is 2. The lowest BCUT2D eigenvalue weighted by Gasteiger charge is -2.29. The molecule has 2 unspecified atom stereocenters. The van der Waals surface area contributed by atoms with Crippen molar-refractivity contribution in [2.75, 3.05) is 0 Å². The van der Waals surface area contributed by atoms with Crippen molar-refractivity contribution in [3.63, 3.8) is 0 Å². The Hall–Kier alpha value is -1.36. The lowest BCUT2D eigenvalue weighted by atomic mass is 9.94. The van der Waals surface area contributed by atoms with Gasteiger partial charge < -0.3 is 5.11 Å². The molecule has 0 aromatic carbocycles. The van der Waals surface area contributed by atoms with Gasteiger partial charge in [-0.05, 0) is 27.2 Å². The molecule has 0 aliphatic rings. The normalized spacial score (nSPS) is 16.2. The fourth-order valence-electron chi connectivity index (χ4n) is 2.08. The third-order valence-electron chi connectivity index (χ3n) is 3.23. The molecule has 1 heterocycles. The fraction of sp³-hybridized carbons (Fsp3) is 0.692. The van der Waals surface area contributed by atoms with Gasteiger partial charge in [0.2, 0.25) is 0 Å². The van der Waals surface area contributed by atoms with E-state index in [4.69, 9.17) is 0 Å². The van der Waals surface area contributed by atoms with Crippen LogP contribution in [-0.4, -0.2) is 26.4 Å². The molecule has 1 aromatic heterocycles. The van der Waals surface area contributed by atoms with E-state index in [0.29, 0.717) is 6.42 Å². The van der Waals surface area contributed by atoms with E-state index in [1.54, 1.807) is 13.1 Å². The van der Waals surface area contributed by atoms with Crippen LogP contribution in [0.5, 0.6) is 0 Å². The van der Waals surface area contributed by atoms with Gasteiger partial charge >= 0.3 is 5.97 Å². The first-order valence-corrected chi connectivity index (χ1v) is 6.46. The van der Waals surface area contributed by atoms with Crippen molar-refractivity contribution in [1.29, 1.82) is 0 Å². The Labute approximate surface area is 108 Å². The summed E-state index contributed by atoms with van der Waals surface area (Å²) in [6.45, 7) is 8.53. The molecule has 0 radical (unpaired) electrons. The van der Waals surface area contributed by atoms with E-state index < -0.39 is 11.5 Å². The summed E-state index contributed by atoms with van der Waals surface area (Å²) in [5.74, 6) is -0.806. The van der Waals surface area contributed by atoms with Crippen molar-refractivity contribution in [2.24, 2.45) is 0 Å². The number of aliphatic carboxylic acids is 1. The molecule has 102 valence electrons. The molecule has 0 saturated carbocycles. The molecule has 0 spiro atoms. The molecule has 0 fully saturated rings. The van der Waals surface area contributed by atoms with E-state index in [0.717, 1.165) is 18.5 Å². The summed E-state index contributed by atoms with van der Waals surface area (Å²) < 4.78 is 1.84. The van der Waals surface area contributed by atoms with Gasteiger partial charge in [0.15, 0.2) is 0 Å². The van der Waals surface area contributed by atoms with Crippen LogP contribution in [-0.2, 0) is 11.3 Å². The molecule has 5 nitrogen and oxygen atoms in total. The Kier molecular flexibility index (Phi) is 4.90. The lowest BCUT2D eigenvalue weighted by Crippen LogP contribution is -2.50. The third-order valence-corrected chi connectivity index (χ3v) is 3.23. The van der Waals surface area contributed by atoms with Crippen LogP contribution in [0.25, 0.3) is 0 Å². The minimum atomic E-state index is -0.886. The minimum absolute atomic E-state index is 0.0297. The molecule has 0 aliphatic heterocycles. The predicted molar refractivity (Wildman–Crippen MR) is 70.4 cm³/mol. The fourth-order valence-corrected chi connectivity index (χ4v) is 2.08. The van der Waals surface area contributed by atoms with Crippen LogP contribution in [0.2, 0.25) is 0 Å². The van der Waals surface area contributed by atoms with Gasteiger partial charge in [-0.1, -0.05) is 13.3 Å². The van der Waals surface area contributed by atoms with Gasteiger partial charge in [0, 0.05) is 24.3 Å². The summed E-state index contributed by atoms with van der Waals surface area (Å²) in [5.41, 5.74) is 0.128. The van der Waals surface area contributed by atoms with E-state index >= 15 is 0 Å². The molecule has 5 heteroatoms. The van der Waals surface area contributed by atoms with Gasteiger partial charge in [-0.2, -0.15) is 5.10 Å². The van der Waals surface area contributed by atoms with Crippen molar-refractivity contribution in [2.45, 2.75) is 58.7 Å². The Morgan fingerprint density at radius 1 is 1.61 bits per heavy atom. The van der Waals surface area contributed by atoms with Crippen LogP contribution in [0.1, 0.15) is 52.1 Å². The summed E-state index contributed by atoms with van der Waals surface area (Å²) in [7, 11) is 0. The quantitative estimate of drug-likeness (QED) is 0.781. The van der Waals surface area contributed by atoms with Crippen LogP contribution < -0.4 is 5.32 Å². The lowest BCUT2D eigenvalue weighted by molar-refractivity contribution is -0.144. The highest BCUT2D eigenvalue weighted by molar-refractivity contribution is 5.78. The molecule has 1 aromatic rings. The predicted octanol–water partition coefficient (Wildman–Crippen LogP) is 2.20. The molecular weight excluding hydrogens is 230 g/mol. The number of carboxylic acid groups (broad SMARTS) is 1. The summed E-state index contributed by atoms with van der Waals surface area (Å²) in [6, 6.07) is -0.0297. The average molecular weight is 253 g/mol. The second-order valence-corrected chi connectivity index (χ2v) is 4.88. The minimum Gasteiger partial charge on any atom is -0.480 e. The van der Waals surface area contributed by atoms with E-state index in [2.05, 4.69) is 10.4 Å². The van der Waals surface area contributed by atoms with Crippen molar-refractivity contribution in [3.05, 3.63) is 18.0 Å². The second kappa shape index (κ2) is 6.00. The van der Waals surface area contributed by atoms with Gasteiger partial charge in [0.05, 0.1) is 6.20 Å². The molecular formula is C13H23N3O2. The molecule has 0 saturated heterocycles. The van der Waals surface area contributed by atoms with Crippen molar-refractivity contribution >= 4 is 5.97 Å². The molecule has 1 rings (SSSR count). The third kappa shape index (κ3) is 3.32. The maximum Gasteiger partial charge on any atom is 0.323 e. The number of aryl methyl sites for hydroxylation is 1. The van der Waals surface area contributed by atoms with Crippen LogP contribution >= 0.6 is 0 Å². The summed E-state index contributed by atoms with van der Waals surface area (Å²) in [4.78, 5) is 11.4. The maximum absolute atomic E-state index is 11.4. The highest BCUT2D eigenvalue weighted by Crippen LogP contribution is 2.20. The average Bonchev–Trinajstić information content (AvgIpc) is 2.77. The van der Waals surface area contributed by atoms with Crippen molar-refractivity contribution in [3.8, 4) is 0 Å². The molecule has 0 bridgehead atoms. The highest BCUT2D eigenvalue weighted by atomic mass is 16.4. The van der Waals surface area contributed by atoms with Crippen LogP contribution in [0.4, 0.5) is 0 Å².